The van der Waals surface area contributed by atoms with E-state index in [9.17, 15) is 13.6 Å². The Balaban J connectivity index is 1.92. The van der Waals surface area contributed by atoms with Gasteiger partial charge in [-0.1, -0.05) is 11.8 Å². The molecular weight excluding hydrogens is 320 g/mol. The lowest BCUT2D eigenvalue weighted by molar-refractivity contribution is -0.114. The maximum atomic E-state index is 13.5. The van der Waals surface area contributed by atoms with Gasteiger partial charge in [0.15, 0.2) is 11.6 Å². The van der Waals surface area contributed by atoms with Crippen LogP contribution in [0.25, 0.3) is 10.9 Å². The van der Waals surface area contributed by atoms with E-state index in [0.717, 1.165) is 17.0 Å². The molecule has 1 N–H and O–H groups in total. The minimum Gasteiger partial charge on any atom is -0.326 e. The molecule has 23 heavy (non-hydrogen) atoms. The van der Waals surface area contributed by atoms with Crippen molar-refractivity contribution in [2.24, 2.45) is 0 Å². The first-order valence-corrected chi connectivity index (χ1v) is 7.50. The molecule has 0 aliphatic rings. The fraction of sp³-hybridized carbons (Fsp3) is 0.0625. The predicted octanol–water partition coefficient (Wildman–Crippen LogP) is 4.02. The minimum atomic E-state index is -0.938. The highest BCUT2D eigenvalue weighted by Gasteiger charge is 2.10. The highest BCUT2D eigenvalue weighted by molar-refractivity contribution is 7.99. The topological polar surface area (TPSA) is 54.9 Å². The largest absolute Gasteiger partial charge is 0.326 e. The summed E-state index contributed by atoms with van der Waals surface area (Å²) < 4.78 is 26.7. The first-order chi connectivity index (χ1) is 11.0. The zero-order valence-corrected chi connectivity index (χ0v) is 12.8. The van der Waals surface area contributed by atoms with Crippen molar-refractivity contribution in [2.75, 3.05) is 5.32 Å². The van der Waals surface area contributed by atoms with E-state index in [2.05, 4.69) is 15.3 Å². The summed E-state index contributed by atoms with van der Waals surface area (Å²) in [4.78, 5) is 19.9. The number of amides is 1. The van der Waals surface area contributed by atoms with E-state index < -0.39 is 11.6 Å². The second-order valence-corrected chi connectivity index (χ2v) is 5.83. The third kappa shape index (κ3) is 3.45. The molecule has 0 saturated heterocycles. The molecule has 1 aromatic heterocycles. The number of nitrogens with zero attached hydrogens (tertiary/aromatic N) is 2. The van der Waals surface area contributed by atoms with Crippen LogP contribution in [0.3, 0.4) is 0 Å². The summed E-state index contributed by atoms with van der Waals surface area (Å²) in [5.41, 5.74) is 1.03. The normalized spacial score (nSPS) is 10.7. The Morgan fingerprint density at radius 3 is 2.48 bits per heavy atom. The summed E-state index contributed by atoms with van der Waals surface area (Å²) in [6.45, 7) is 1.43. The lowest BCUT2D eigenvalue weighted by atomic mass is 10.2. The highest BCUT2D eigenvalue weighted by atomic mass is 32.2. The third-order valence-electron chi connectivity index (χ3n) is 3.03. The van der Waals surface area contributed by atoms with Crippen LogP contribution < -0.4 is 5.32 Å². The van der Waals surface area contributed by atoms with Gasteiger partial charge in [0.2, 0.25) is 5.91 Å². The molecule has 1 amide bonds. The Labute approximate surface area is 135 Å². The number of carbonyl (C=O) groups excluding carboxylic acids is 1. The zero-order chi connectivity index (χ0) is 16.4. The Hall–Kier alpha value is -2.54. The molecule has 0 unspecified atom stereocenters. The van der Waals surface area contributed by atoms with Gasteiger partial charge in [0.25, 0.3) is 0 Å². The summed E-state index contributed by atoms with van der Waals surface area (Å²) in [6.07, 6.45) is 1.31. The quantitative estimate of drug-likeness (QED) is 0.737. The zero-order valence-electron chi connectivity index (χ0n) is 12.0. The molecule has 0 aliphatic carbocycles. The molecule has 0 atom stereocenters. The summed E-state index contributed by atoms with van der Waals surface area (Å²) in [7, 11) is 0. The van der Waals surface area contributed by atoms with Gasteiger partial charge in [-0.15, -0.1) is 0 Å². The number of rotatable bonds is 3. The number of hydrogen-bond donors (Lipinski definition) is 1. The number of anilines is 1. The molecule has 1 heterocycles. The number of benzene rings is 2. The van der Waals surface area contributed by atoms with Gasteiger partial charge in [-0.2, -0.15) is 0 Å². The van der Waals surface area contributed by atoms with E-state index in [1.807, 2.05) is 12.1 Å². The number of aromatic nitrogens is 2. The number of nitrogens with one attached hydrogen (secondary N) is 1. The highest BCUT2D eigenvalue weighted by Crippen LogP contribution is 2.32. The SMILES string of the molecule is CC(=O)Nc1ccc(Sc2ncnc3cc(F)c(F)cc23)cc1. The van der Waals surface area contributed by atoms with Crippen molar-refractivity contribution in [1.29, 1.82) is 0 Å². The number of carbonyl (C=O) groups is 1. The van der Waals surface area contributed by atoms with E-state index in [0.29, 0.717) is 21.6 Å². The van der Waals surface area contributed by atoms with Crippen LogP contribution in [-0.2, 0) is 4.79 Å². The molecule has 0 spiro atoms. The van der Waals surface area contributed by atoms with Gasteiger partial charge < -0.3 is 5.32 Å². The molecule has 4 nitrogen and oxygen atoms in total. The summed E-state index contributed by atoms with van der Waals surface area (Å²) >= 11 is 1.31. The van der Waals surface area contributed by atoms with Gasteiger partial charge in [0, 0.05) is 29.0 Å². The maximum absolute atomic E-state index is 13.5. The van der Waals surface area contributed by atoms with E-state index in [-0.39, 0.29) is 5.91 Å². The second-order valence-electron chi connectivity index (χ2n) is 4.77. The summed E-state index contributed by atoms with van der Waals surface area (Å²) in [6, 6.07) is 9.28. The Morgan fingerprint density at radius 1 is 1.09 bits per heavy atom. The van der Waals surface area contributed by atoms with Crippen molar-refractivity contribution in [2.45, 2.75) is 16.8 Å². The van der Waals surface area contributed by atoms with Crippen LogP contribution in [0, 0.1) is 11.6 Å². The maximum Gasteiger partial charge on any atom is 0.221 e. The van der Waals surface area contributed by atoms with Crippen LogP contribution >= 0.6 is 11.8 Å². The Morgan fingerprint density at radius 2 is 1.78 bits per heavy atom. The monoisotopic (exact) mass is 331 g/mol. The van der Waals surface area contributed by atoms with E-state index in [1.54, 1.807) is 12.1 Å². The van der Waals surface area contributed by atoms with E-state index in [4.69, 9.17) is 0 Å². The molecule has 0 fully saturated rings. The van der Waals surface area contributed by atoms with Crippen LogP contribution in [0.5, 0.6) is 0 Å². The van der Waals surface area contributed by atoms with Crippen LogP contribution in [-0.4, -0.2) is 15.9 Å². The van der Waals surface area contributed by atoms with Gasteiger partial charge in [-0.05, 0) is 30.3 Å². The average molecular weight is 331 g/mol. The van der Waals surface area contributed by atoms with Gasteiger partial charge in [-0.3, -0.25) is 4.79 Å². The fourth-order valence-corrected chi connectivity index (χ4v) is 2.90. The number of hydrogen-bond acceptors (Lipinski definition) is 4. The molecule has 3 aromatic rings. The smallest absolute Gasteiger partial charge is 0.221 e. The first kappa shape index (κ1) is 15.4. The number of halogens is 2. The lowest BCUT2D eigenvalue weighted by Crippen LogP contribution is -2.05. The van der Waals surface area contributed by atoms with Crippen LogP contribution in [0.2, 0.25) is 0 Å². The van der Waals surface area contributed by atoms with Crippen molar-refractivity contribution >= 4 is 34.3 Å². The standard InChI is InChI=1S/C16H11F2N3OS/c1-9(22)21-10-2-4-11(5-3-10)23-16-12-6-13(17)14(18)7-15(12)19-8-20-16/h2-8H,1H3,(H,21,22). The van der Waals surface area contributed by atoms with Crippen LogP contribution in [0.15, 0.2) is 52.6 Å². The first-order valence-electron chi connectivity index (χ1n) is 6.68. The molecule has 3 rings (SSSR count). The van der Waals surface area contributed by atoms with Crippen molar-refractivity contribution in [1.82, 2.24) is 9.97 Å². The van der Waals surface area contributed by atoms with Crippen molar-refractivity contribution in [3.8, 4) is 0 Å². The summed E-state index contributed by atoms with van der Waals surface area (Å²) in [5, 5.41) is 3.65. The Bertz CT molecular complexity index is 884. The van der Waals surface area contributed by atoms with Crippen molar-refractivity contribution in [3.63, 3.8) is 0 Å². The minimum absolute atomic E-state index is 0.148. The van der Waals surface area contributed by atoms with Crippen molar-refractivity contribution in [3.05, 3.63) is 54.4 Å². The molecule has 7 heteroatoms. The molecular formula is C16H11F2N3OS. The van der Waals surface area contributed by atoms with Crippen molar-refractivity contribution < 1.29 is 13.6 Å². The van der Waals surface area contributed by atoms with E-state index >= 15 is 0 Å². The molecule has 2 aromatic carbocycles. The van der Waals surface area contributed by atoms with Gasteiger partial charge in [0.05, 0.1) is 5.52 Å². The van der Waals surface area contributed by atoms with Gasteiger partial charge in [0.1, 0.15) is 11.4 Å². The molecule has 116 valence electrons. The van der Waals surface area contributed by atoms with Gasteiger partial charge in [-0.25, -0.2) is 18.7 Å². The summed E-state index contributed by atoms with van der Waals surface area (Å²) in [5.74, 6) is -2.02. The van der Waals surface area contributed by atoms with Crippen LogP contribution in [0.4, 0.5) is 14.5 Å². The van der Waals surface area contributed by atoms with E-state index in [1.165, 1.54) is 25.0 Å². The van der Waals surface area contributed by atoms with Crippen LogP contribution in [0.1, 0.15) is 6.92 Å². The molecule has 0 bridgehead atoms. The third-order valence-corrected chi connectivity index (χ3v) is 4.06. The second kappa shape index (κ2) is 6.29. The molecule has 0 saturated carbocycles. The molecule has 0 radical (unpaired) electrons. The lowest BCUT2D eigenvalue weighted by Gasteiger charge is -2.07. The predicted molar refractivity (Wildman–Crippen MR) is 84.3 cm³/mol. The molecule has 0 aliphatic heterocycles. The van der Waals surface area contributed by atoms with Gasteiger partial charge >= 0.3 is 0 Å². The Kier molecular flexibility index (Phi) is 4.20. The average Bonchev–Trinajstić information content (AvgIpc) is 2.51. The number of fused-ring (bicyclic) bond motifs is 1. The fourth-order valence-electron chi connectivity index (χ4n) is 2.03.